The third-order valence-electron chi connectivity index (χ3n) is 4.09. The number of hydrogen-bond acceptors (Lipinski definition) is 3. The van der Waals surface area contributed by atoms with Crippen LogP contribution in [0.2, 0.25) is 0 Å². The summed E-state index contributed by atoms with van der Waals surface area (Å²) in [6.07, 6.45) is 4.53. The van der Waals surface area contributed by atoms with Crippen molar-refractivity contribution in [2.45, 2.75) is 64.6 Å². The van der Waals surface area contributed by atoms with E-state index < -0.39 is 6.10 Å². The van der Waals surface area contributed by atoms with Gasteiger partial charge in [-0.1, -0.05) is 20.8 Å². The van der Waals surface area contributed by atoms with Gasteiger partial charge in [0, 0.05) is 13.7 Å². The van der Waals surface area contributed by atoms with E-state index >= 15 is 0 Å². The van der Waals surface area contributed by atoms with E-state index in [2.05, 4.69) is 20.8 Å². The van der Waals surface area contributed by atoms with Gasteiger partial charge in [-0.15, -0.1) is 0 Å². The van der Waals surface area contributed by atoms with Crippen molar-refractivity contribution in [2.75, 3.05) is 20.3 Å². The molecule has 1 aliphatic carbocycles. The molecule has 1 saturated carbocycles. The average molecular weight is 244 g/mol. The van der Waals surface area contributed by atoms with Crippen molar-refractivity contribution in [1.29, 1.82) is 0 Å². The molecule has 0 aromatic carbocycles. The molecule has 0 radical (unpaired) electrons. The first kappa shape index (κ1) is 14.9. The van der Waals surface area contributed by atoms with Gasteiger partial charge < -0.3 is 14.6 Å². The van der Waals surface area contributed by atoms with Gasteiger partial charge >= 0.3 is 0 Å². The molecule has 3 heteroatoms. The van der Waals surface area contributed by atoms with Crippen LogP contribution in [0.25, 0.3) is 0 Å². The lowest BCUT2D eigenvalue weighted by Crippen LogP contribution is -2.50. The van der Waals surface area contributed by atoms with Crippen LogP contribution in [0, 0.1) is 5.41 Å². The summed E-state index contributed by atoms with van der Waals surface area (Å²) in [4.78, 5) is 0. The molecule has 1 fully saturated rings. The number of rotatable bonds is 6. The molecule has 102 valence electrons. The second-order valence-electron chi connectivity index (χ2n) is 6.02. The van der Waals surface area contributed by atoms with E-state index in [1.807, 2.05) is 0 Å². The third kappa shape index (κ3) is 3.94. The Hall–Kier alpha value is -0.120. The predicted molar refractivity (Wildman–Crippen MR) is 69.1 cm³/mol. The van der Waals surface area contributed by atoms with E-state index in [1.54, 1.807) is 7.11 Å². The Balaban J connectivity index is 2.51. The Morgan fingerprint density at radius 1 is 1.18 bits per heavy atom. The first-order valence-corrected chi connectivity index (χ1v) is 6.77. The Kier molecular flexibility index (Phi) is 5.42. The Morgan fingerprint density at radius 3 is 2.24 bits per heavy atom. The fourth-order valence-corrected chi connectivity index (χ4v) is 2.51. The van der Waals surface area contributed by atoms with E-state index in [0.29, 0.717) is 18.6 Å². The summed E-state index contributed by atoms with van der Waals surface area (Å²) in [6.45, 7) is 7.74. The van der Waals surface area contributed by atoms with Crippen molar-refractivity contribution in [3.63, 3.8) is 0 Å². The van der Waals surface area contributed by atoms with Crippen LogP contribution in [0.3, 0.4) is 0 Å². The van der Waals surface area contributed by atoms with Gasteiger partial charge in [0.1, 0.15) is 6.10 Å². The molecule has 1 rings (SSSR count). The molecule has 0 heterocycles. The highest BCUT2D eigenvalue weighted by molar-refractivity contribution is 4.95. The molecule has 3 nitrogen and oxygen atoms in total. The summed E-state index contributed by atoms with van der Waals surface area (Å²) >= 11 is 0. The van der Waals surface area contributed by atoms with Crippen molar-refractivity contribution in [2.24, 2.45) is 5.41 Å². The highest BCUT2D eigenvalue weighted by Gasteiger charge is 2.43. The largest absolute Gasteiger partial charge is 0.388 e. The van der Waals surface area contributed by atoms with Crippen LogP contribution >= 0.6 is 0 Å². The summed E-state index contributed by atoms with van der Waals surface area (Å²) < 4.78 is 11.1. The molecule has 0 aliphatic heterocycles. The van der Waals surface area contributed by atoms with E-state index in [0.717, 1.165) is 32.1 Å². The number of aliphatic hydroxyl groups excluding tert-OH is 1. The zero-order valence-corrected chi connectivity index (χ0v) is 11.8. The Bertz CT molecular complexity index is 216. The molecule has 1 unspecified atom stereocenters. The van der Waals surface area contributed by atoms with Gasteiger partial charge in [-0.25, -0.2) is 0 Å². The minimum atomic E-state index is -0.504. The molecular weight excluding hydrogens is 216 g/mol. The lowest BCUT2D eigenvalue weighted by molar-refractivity contribution is -0.154. The molecule has 1 aliphatic rings. The predicted octanol–water partition coefficient (Wildman–Crippen LogP) is 2.76. The van der Waals surface area contributed by atoms with E-state index in [-0.39, 0.29) is 5.60 Å². The molecular formula is C14H28O3. The van der Waals surface area contributed by atoms with Crippen LogP contribution in [0.5, 0.6) is 0 Å². The van der Waals surface area contributed by atoms with E-state index in [1.165, 1.54) is 0 Å². The summed E-state index contributed by atoms with van der Waals surface area (Å²) in [7, 11) is 1.71. The van der Waals surface area contributed by atoms with Gasteiger partial charge in [0.15, 0.2) is 0 Å². The van der Waals surface area contributed by atoms with E-state index in [4.69, 9.17) is 9.47 Å². The Labute approximate surface area is 105 Å². The van der Waals surface area contributed by atoms with Crippen molar-refractivity contribution < 1.29 is 14.6 Å². The van der Waals surface area contributed by atoms with Crippen LogP contribution in [-0.4, -0.2) is 37.1 Å². The molecule has 0 aromatic heterocycles. The van der Waals surface area contributed by atoms with Gasteiger partial charge in [0.25, 0.3) is 0 Å². The molecule has 0 saturated heterocycles. The van der Waals surface area contributed by atoms with Crippen molar-refractivity contribution >= 4 is 0 Å². The lowest BCUT2D eigenvalue weighted by Gasteiger charge is -2.45. The highest BCUT2D eigenvalue weighted by Crippen LogP contribution is 2.43. The van der Waals surface area contributed by atoms with Gasteiger partial charge in [0.05, 0.1) is 12.2 Å². The zero-order chi connectivity index (χ0) is 12.9. The Morgan fingerprint density at radius 2 is 1.76 bits per heavy atom. The minimum Gasteiger partial charge on any atom is -0.388 e. The smallest absolute Gasteiger partial charge is 0.106 e. The molecule has 0 bridgehead atoms. The van der Waals surface area contributed by atoms with Crippen LogP contribution in [0.15, 0.2) is 0 Å². The monoisotopic (exact) mass is 244 g/mol. The number of hydrogen-bond donors (Lipinski definition) is 1. The minimum absolute atomic E-state index is 0.381. The summed E-state index contributed by atoms with van der Waals surface area (Å²) in [5.74, 6) is 0. The first-order chi connectivity index (χ1) is 7.96. The van der Waals surface area contributed by atoms with Crippen molar-refractivity contribution in [3.05, 3.63) is 0 Å². The van der Waals surface area contributed by atoms with Crippen LogP contribution in [0.1, 0.15) is 52.9 Å². The summed E-state index contributed by atoms with van der Waals surface area (Å²) in [5.41, 5.74) is -0.00468. The van der Waals surface area contributed by atoms with Gasteiger partial charge in [-0.3, -0.25) is 0 Å². The molecule has 0 amide bonds. The summed E-state index contributed by atoms with van der Waals surface area (Å²) in [5, 5.41) is 10.3. The zero-order valence-electron chi connectivity index (χ0n) is 11.8. The van der Waals surface area contributed by atoms with Gasteiger partial charge in [-0.05, 0) is 37.5 Å². The van der Waals surface area contributed by atoms with Crippen LogP contribution < -0.4 is 0 Å². The third-order valence-corrected chi connectivity index (χ3v) is 4.09. The number of ether oxygens (including phenoxy) is 2. The average Bonchev–Trinajstić information content (AvgIpc) is 2.30. The SMILES string of the molecule is CCCOCC(O)C1(OC)CCC(C)(C)CC1. The second-order valence-corrected chi connectivity index (χ2v) is 6.02. The molecule has 1 atom stereocenters. The quantitative estimate of drug-likeness (QED) is 0.730. The maximum Gasteiger partial charge on any atom is 0.106 e. The standard InChI is InChI=1S/C14H28O3/c1-5-10-17-11-12(15)14(16-4)8-6-13(2,3)7-9-14/h12,15H,5-11H2,1-4H3. The maximum atomic E-state index is 10.3. The second kappa shape index (κ2) is 6.17. The fourth-order valence-electron chi connectivity index (χ4n) is 2.51. The van der Waals surface area contributed by atoms with Crippen molar-refractivity contribution in [3.8, 4) is 0 Å². The topological polar surface area (TPSA) is 38.7 Å². The molecule has 1 N–H and O–H groups in total. The van der Waals surface area contributed by atoms with Gasteiger partial charge in [-0.2, -0.15) is 0 Å². The molecule has 0 spiro atoms. The van der Waals surface area contributed by atoms with Crippen molar-refractivity contribution in [1.82, 2.24) is 0 Å². The fraction of sp³-hybridized carbons (Fsp3) is 1.00. The molecule has 17 heavy (non-hydrogen) atoms. The normalized spacial score (nSPS) is 24.5. The van der Waals surface area contributed by atoms with E-state index in [9.17, 15) is 5.11 Å². The van der Waals surface area contributed by atoms with Crippen LogP contribution in [0.4, 0.5) is 0 Å². The lowest BCUT2D eigenvalue weighted by atomic mass is 9.69. The van der Waals surface area contributed by atoms with Crippen LogP contribution in [-0.2, 0) is 9.47 Å². The maximum absolute atomic E-state index is 10.3. The number of methoxy groups -OCH3 is 1. The number of aliphatic hydroxyl groups is 1. The summed E-state index contributed by atoms with van der Waals surface area (Å²) in [6, 6.07) is 0. The molecule has 0 aromatic rings. The van der Waals surface area contributed by atoms with Gasteiger partial charge in [0.2, 0.25) is 0 Å². The first-order valence-electron chi connectivity index (χ1n) is 6.77. The highest BCUT2D eigenvalue weighted by atomic mass is 16.5.